The summed E-state index contributed by atoms with van der Waals surface area (Å²) in [7, 11) is 0. The largest absolute Gasteiger partial charge is 0.313 e. The molecule has 0 radical (unpaired) electrons. The van der Waals surface area contributed by atoms with Crippen LogP contribution in [0.25, 0.3) is 0 Å². The van der Waals surface area contributed by atoms with Crippen molar-refractivity contribution in [1.29, 1.82) is 0 Å². The van der Waals surface area contributed by atoms with E-state index in [1.54, 1.807) is 12.3 Å². The lowest BCUT2D eigenvalue weighted by Gasteiger charge is -2.12. The van der Waals surface area contributed by atoms with E-state index in [0.29, 0.717) is 17.4 Å². The molecule has 1 atom stereocenters. The standard InChI is InChI=1S/C19H21F2N7S/c1-11-9-12(2)28(25-11)13(3)18-23-24-19(29-18)22-17-7-8-27(26-17)10-14-15(20)5-4-6-16(14)21/h5,7-9,13H,4,6,10H2,1-3H3,(H,22,24,26). The number of hydrogen-bond donors (Lipinski definition) is 1. The van der Waals surface area contributed by atoms with Crippen molar-refractivity contribution in [1.82, 2.24) is 29.8 Å². The SMILES string of the molecule is Cc1cc(C)n(C(C)c2nnc(Nc3ccn(CC4=C(F)CCC=C4F)n3)s2)n1. The van der Waals surface area contributed by atoms with Crippen LogP contribution in [-0.2, 0) is 6.54 Å². The van der Waals surface area contributed by atoms with E-state index in [0.717, 1.165) is 16.4 Å². The first kappa shape index (κ1) is 19.4. The number of rotatable bonds is 6. The summed E-state index contributed by atoms with van der Waals surface area (Å²) in [5.74, 6) is -0.389. The lowest BCUT2D eigenvalue weighted by Crippen LogP contribution is -2.10. The monoisotopic (exact) mass is 417 g/mol. The van der Waals surface area contributed by atoms with Crippen LogP contribution in [0.1, 0.15) is 42.2 Å². The zero-order valence-corrected chi connectivity index (χ0v) is 17.2. The molecule has 4 rings (SSSR count). The molecule has 3 aromatic heterocycles. The van der Waals surface area contributed by atoms with Gasteiger partial charge in [-0.3, -0.25) is 9.36 Å². The Hall–Kier alpha value is -2.88. The van der Waals surface area contributed by atoms with Crippen LogP contribution < -0.4 is 5.32 Å². The first-order chi connectivity index (χ1) is 13.9. The van der Waals surface area contributed by atoms with Gasteiger partial charge in [0.05, 0.1) is 12.2 Å². The lowest BCUT2D eigenvalue weighted by atomic mass is 10.0. The normalized spacial score (nSPS) is 15.6. The average molecular weight is 417 g/mol. The van der Waals surface area contributed by atoms with Crippen molar-refractivity contribution in [2.75, 3.05) is 5.32 Å². The first-order valence-electron chi connectivity index (χ1n) is 9.31. The van der Waals surface area contributed by atoms with Crippen LogP contribution in [0.4, 0.5) is 19.7 Å². The Kier molecular flexibility index (Phi) is 5.27. The molecule has 0 fully saturated rings. The summed E-state index contributed by atoms with van der Waals surface area (Å²) < 4.78 is 31.2. The van der Waals surface area contributed by atoms with Gasteiger partial charge in [0, 0.05) is 30.0 Å². The zero-order chi connectivity index (χ0) is 20.5. The van der Waals surface area contributed by atoms with Crippen LogP contribution in [0.15, 0.2) is 41.6 Å². The second kappa shape index (κ2) is 7.86. The Bertz CT molecular complexity index is 1090. The third kappa shape index (κ3) is 4.12. The Balaban J connectivity index is 1.45. The molecule has 152 valence electrons. The molecule has 0 saturated heterocycles. The topological polar surface area (TPSA) is 73.5 Å². The minimum Gasteiger partial charge on any atom is -0.313 e. The Morgan fingerprint density at radius 2 is 2.07 bits per heavy atom. The molecule has 0 saturated carbocycles. The van der Waals surface area contributed by atoms with Crippen molar-refractivity contribution in [3.63, 3.8) is 0 Å². The van der Waals surface area contributed by atoms with Gasteiger partial charge >= 0.3 is 0 Å². The van der Waals surface area contributed by atoms with Gasteiger partial charge in [-0.05, 0) is 39.3 Å². The van der Waals surface area contributed by atoms with Crippen LogP contribution in [0, 0.1) is 13.8 Å². The fourth-order valence-electron chi connectivity index (χ4n) is 3.28. The first-order valence-corrected chi connectivity index (χ1v) is 10.1. The highest BCUT2D eigenvalue weighted by Crippen LogP contribution is 2.29. The minimum absolute atomic E-state index is 0.0368. The molecule has 1 unspecified atom stereocenters. The summed E-state index contributed by atoms with van der Waals surface area (Å²) in [6, 6.07) is 3.71. The summed E-state index contributed by atoms with van der Waals surface area (Å²) in [4.78, 5) is 0. The molecule has 3 aromatic rings. The second-order valence-corrected chi connectivity index (χ2v) is 8.00. The van der Waals surface area contributed by atoms with Gasteiger partial charge in [0.2, 0.25) is 5.13 Å². The van der Waals surface area contributed by atoms with Crippen molar-refractivity contribution in [3.8, 4) is 0 Å². The van der Waals surface area contributed by atoms with E-state index in [4.69, 9.17) is 0 Å². The highest BCUT2D eigenvalue weighted by atomic mass is 32.1. The lowest BCUT2D eigenvalue weighted by molar-refractivity contribution is 0.513. The van der Waals surface area contributed by atoms with Gasteiger partial charge in [-0.25, -0.2) is 8.78 Å². The van der Waals surface area contributed by atoms with E-state index in [2.05, 4.69) is 25.7 Å². The van der Waals surface area contributed by atoms with Gasteiger partial charge in [0.25, 0.3) is 0 Å². The molecule has 1 aliphatic rings. The maximum absolute atomic E-state index is 13.9. The maximum Gasteiger partial charge on any atom is 0.211 e. The summed E-state index contributed by atoms with van der Waals surface area (Å²) in [6.45, 7) is 6.03. The molecule has 1 N–H and O–H groups in total. The van der Waals surface area contributed by atoms with Crippen molar-refractivity contribution in [2.24, 2.45) is 0 Å². The molecule has 0 aromatic carbocycles. The summed E-state index contributed by atoms with van der Waals surface area (Å²) in [5, 5.41) is 21.8. The fraction of sp³-hybridized carbons (Fsp3) is 0.368. The van der Waals surface area contributed by atoms with Crippen LogP contribution in [0.3, 0.4) is 0 Å². The predicted octanol–water partition coefficient (Wildman–Crippen LogP) is 4.77. The number of allylic oxidation sites excluding steroid dienone is 4. The molecule has 0 amide bonds. The van der Waals surface area contributed by atoms with Gasteiger partial charge in [0.15, 0.2) is 5.82 Å². The van der Waals surface area contributed by atoms with E-state index in [-0.39, 0.29) is 24.6 Å². The molecular weight excluding hydrogens is 396 g/mol. The zero-order valence-electron chi connectivity index (χ0n) is 16.4. The Morgan fingerprint density at radius 3 is 2.79 bits per heavy atom. The number of aromatic nitrogens is 6. The van der Waals surface area contributed by atoms with E-state index in [1.807, 2.05) is 31.5 Å². The van der Waals surface area contributed by atoms with Gasteiger partial charge in [-0.1, -0.05) is 11.3 Å². The fourth-order valence-corrected chi connectivity index (χ4v) is 4.06. The van der Waals surface area contributed by atoms with Gasteiger partial charge in [0.1, 0.15) is 22.7 Å². The molecule has 29 heavy (non-hydrogen) atoms. The number of nitrogens with one attached hydrogen (secondary N) is 1. The Labute approximate surface area is 170 Å². The molecule has 1 aliphatic carbocycles. The van der Waals surface area contributed by atoms with E-state index < -0.39 is 11.7 Å². The molecule has 0 spiro atoms. The summed E-state index contributed by atoms with van der Waals surface area (Å²) >= 11 is 1.41. The minimum atomic E-state index is -0.509. The van der Waals surface area contributed by atoms with Crippen molar-refractivity contribution >= 4 is 22.3 Å². The van der Waals surface area contributed by atoms with Crippen LogP contribution >= 0.6 is 11.3 Å². The van der Waals surface area contributed by atoms with Gasteiger partial charge in [-0.2, -0.15) is 10.2 Å². The van der Waals surface area contributed by atoms with E-state index >= 15 is 0 Å². The molecular formula is C19H21F2N7S. The molecule has 0 bridgehead atoms. The Morgan fingerprint density at radius 1 is 1.24 bits per heavy atom. The van der Waals surface area contributed by atoms with Crippen LogP contribution in [0.5, 0.6) is 0 Å². The number of nitrogens with zero attached hydrogens (tertiary/aromatic N) is 6. The van der Waals surface area contributed by atoms with Crippen molar-refractivity contribution < 1.29 is 8.78 Å². The highest BCUT2D eigenvalue weighted by molar-refractivity contribution is 7.15. The van der Waals surface area contributed by atoms with Crippen LogP contribution in [0.2, 0.25) is 0 Å². The molecule has 7 nitrogen and oxygen atoms in total. The predicted molar refractivity (Wildman–Crippen MR) is 107 cm³/mol. The van der Waals surface area contributed by atoms with Crippen molar-refractivity contribution in [3.05, 3.63) is 58.0 Å². The number of aryl methyl sites for hydroxylation is 2. The molecule has 0 aliphatic heterocycles. The number of anilines is 2. The van der Waals surface area contributed by atoms with E-state index in [9.17, 15) is 8.78 Å². The maximum atomic E-state index is 13.9. The summed E-state index contributed by atoms with van der Waals surface area (Å²) in [5.41, 5.74) is 2.07. The highest BCUT2D eigenvalue weighted by Gasteiger charge is 2.19. The average Bonchev–Trinajstić information content (AvgIpc) is 3.39. The van der Waals surface area contributed by atoms with Gasteiger partial charge in [-0.15, -0.1) is 10.2 Å². The van der Waals surface area contributed by atoms with Crippen molar-refractivity contribution in [2.45, 2.75) is 46.2 Å². The number of hydrogen-bond acceptors (Lipinski definition) is 6. The second-order valence-electron chi connectivity index (χ2n) is 6.99. The summed E-state index contributed by atoms with van der Waals surface area (Å²) in [6.07, 6.45) is 3.71. The molecule has 10 heteroatoms. The van der Waals surface area contributed by atoms with Crippen LogP contribution in [-0.4, -0.2) is 29.8 Å². The van der Waals surface area contributed by atoms with E-state index in [1.165, 1.54) is 22.1 Å². The number of halogens is 2. The quantitative estimate of drug-likeness (QED) is 0.625. The molecule has 3 heterocycles. The third-order valence-electron chi connectivity index (χ3n) is 4.71. The van der Waals surface area contributed by atoms with Gasteiger partial charge < -0.3 is 5.32 Å². The smallest absolute Gasteiger partial charge is 0.211 e. The third-order valence-corrected chi connectivity index (χ3v) is 5.72.